The average Bonchev–Trinajstić information content (AvgIpc) is 2.41. The molecule has 0 radical (unpaired) electrons. The van der Waals surface area contributed by atoms with E-state index in [-0.39, 0.29) is 11.9 Å². The van der Waals surface area contributed by atoms with E-state index in [1.165, 1.54) is 6.42 Å². The van der Waals surface area contributed by atoms with Gasteiger partial charge in [0.15, 0.2) is 0 Å². The number of rotatable bonds is 3. The highest BCUT2D eigenvalue weighted by molar-refractivity contribution is 9.10. The van der Waals surface area contributed by atoms with E-state index in [2.05, 4.69) is 27.8 Å². The van der Waals surface area contributed by atoms with Crippen molar-refractivity contribution in [2.75, 3.05) is 19.6 Å². The van der Waals surface area contributed by atoms with Gasteiger partial charge in [-0.1, -0.05) is 13.0 Å². The van der Waals surface area contributed by atoms with Gasteiger partial charge < -0.3 is 5.73 Å². The molecular weight excluding hydrogens is 295 g/mol. The number of piperidine rings is 1. The molecule has 1 fully saturated rings. The predicted molar refractivity (Wildman–Crippen MR) is 75.9 cm³/mol. The van der Waals surface area contributed by atoms with Crippen LogP contribution in [0.5, 0.6) is 0 Å². The topological polar surface area (TPSA) is 29.3 Å². The Morgan fingerprint density at radius 1 is 1.50 bits per heavy atom. The van der Waals surface area contributed by atoms with Crippen molar-refractivity contribution in [3.8, 4) is 0 Å². The number of nitrogens with two attached hydrogens (primary N) is 1. The van der Waals surface area contributed by atoms with Gasteiger partial charge in [0.2, 0.25) is 0 Å². The van der Waals surface area contributed by atoms with E-state index in [0.29, 0.717) is 16.9 Å². The van der Waals surface area contributed by atoms with Gasteiger partial charge >= 0.3 is 0 Å². The Labute approximate surface area is 116 Å². The Morgan fingerprint density at radius 2 is 2.28 bits per heavy atom. The first-order valence-corrected chi connectivity index (χ1v) is 7.35. The zero-order chi connectivity index (χ0) is 13.1. The number of hydrogen-bond donors (Lipinski definition) is 1. The average molecular weight is 315 g/mol. The Morgan fingerprint density at radius 3 is 2.89 bits per heavy atom. The normalized spacial score (nSPS) is 25.3. The van der Waals surface area contributed by atoms with Gasteiger partial charge in [0.1, 0.15) is 5.82 Å². The molecule has 1 aliphatic rings. The summed E-state index contributed by atoms with van der Waals surface area (Å²) in [6.07, 6.45) is 2.32. The molecular formula is C14H20BrFN2. The van der Waals surface area contributed by atoms with Crippen molar-refractivity contribution in [2.45, 2.75) is 25.8 Å². The summed E-state index contributed by atoms with van der Waals surface area (Å²) in [5.74, 6) is 0.240. The van der Waals surface area contributed by atoms with E-state index in [1.807, 2.05) is 6.07 Å². The van der Waals surface area contributed by atoms with Gasteiger partial charge in [0.25, 0.3) is 0 Å². The quantitative estimate of drug-likeness (QED) is 0.927. The van der Waals surface area contributed by atoms with Crippen molar-refractivity contribution in [1.82, 2.24) is 4.90 Å². The summed E-state index contributed by atoms with van der Waals surface area (Å²) in [7, 11) is 0. The van der Waals surface area contributed by atoms with Crippen molar-refractivity contribution in [3.05, 3.63) is 34.1 Å². The zero-order valence-electron chi connectivity index (χ0n) is 10.7. The number of nitrogens with zero attached hydrogens (tertiary/aromatic N) is 1. The fourth-order valence-corrected chi connectivity index (χ4v) is 3.18. The lowest BCUT2D eigenvalue weighted by atomic mass is 9.84. The van der Waals surface area contributed by atoms with Crippen molar-refractivity contribution >= 4 is 15.9 Å². The van der Waals surface area contributed by atoms with E-state index >= 15 is 0 Å². The molecule has 0 aromatic heterocycles. The summed E-state index contributed by atoms with van der Waals surface area (Å²) in [5.41, 5.74) is 6.93. The minimum absolute atomic E-state index is 0.190. The number of halogens is 2. The van der Waals surface area contributed by atoms with Crippen LogP contribution in [0.2, 0.25) is 0 Å². The molecule has 1 heterocycles. The first-order chi connectivity index (χ1) is 8.67. The second-order valence-corrected chi connectivity index (χ2v) is 5.74. The van der Waals surface area contributed by atoms with Crippen LogP contribution in [0.4, 0.5) is 4.39 Å². The lowest BCUT2D eigenvalue weighted by Gasteiger charge is -2.41. The summed E-state index contributed by atoms with van der Waals surface area (Å²) in [5, 5.41) is 0. The third kappa shape index (κ3) is 2.76. The van der Waals surface area contributed by atoms with E-state index in [0.717, 1.165) is 25.1 Å². The Bertz CT molecular complexity index is 399. The zero-order valence-corrected chi connectivity index (χ0v) is 12.3. The molecule has 1 aromatic rings. The van der Waals surface area contributed by atoms with Crippen molar-refractivity contribution in [1.29, 1.82) is 0 Å². The van der Waals surface area contributed by atoms with Gasteiger partial charge in [0.05, 0.1) is 4.47 Å². The van der Waals surface area contributed by atoms with Gasteiger partial charge in [-0.15, -0.1) is 0 Å². The van der Waals surface area contributed by atoms with Crippen LogP contribution in [0.3, 0.4) is 0 Å². The lowest BCUT2D eigenvalue weighted by Crippen LogP contribution is -2.41. The molecule has 0 aliphatic carbocycles. The van der Waals surface area contributed by atoms with E-state index in [1.54, 1.807) is 12.1 Å². The van der Waals surface area contributed by atoms with Crippen LogP contribution < -0.4 is 5.73 Å². The van der Waals surface area contributed by atoms with Crippen molar-refractivity contribution in [2.24, 2.45) is 11.7 Å². The van der Waals surface area contributed by atoms with Gasteiger partial charge in [-0.2, -0.15) is 0 Å². The van der Waals surface area contributed by atoms with Crippen LogP contribution in [0.1, 0.15) is 31.4 Å². The molecule has 2 nitrogen and oxygen atoms in total. The molecule has 0 spiro atoms. The largest absolute Gasteiger partial charge is 0.330 e. The molecule has 2 unspecified atom stereocenters. The highest BCUT2D eigenvalue weighted by atomic mass is 79.9. The minimum Gasteiger partial charge on any atom is -0.330 e. The number of hydrogen-bond acceptors (Lipinski definition) is 2. The smallest absolute Gasteiger partial charge is 0.137 e. The minimum atomic E-state index is -0.190. The maximum Gasteiger partial charge on any atom is 0.137 e. The highest BCUT2D eigenvalue weighted by Gasteiger charge is 2.31. The summed E-state index contributed by atoms with van der Waals surface area (Å²) in [4.78, 5) is 2.41. The van der Waals surface area contributed by atoms with Crippen LogP contribution in [0.15, 0.2) is 22.7 Å². The van der Waals surface area contributed by atoms with Crippen molar-refractivity contribution < 1.29 is 4.39 Å². The van der Waals surface area contributed by atoms with Crippen LogP contribution in [-0.2, 0) is 0 Å². The molecule has 0 saturated carbocycles. The van der Waals surface area contributed by atoms with Crippen molar-refractivity contribution in [3.63, 3.8) is 0 Å². The summed E-state index contributed by atoms with van der Waals surface area (Å²) in [6, 6.07) is 5.71. The third-order valence-corrected chi connectivity index (χ3v) is 4.50. The first-order valence-electron chi connectivity index (χ1n) is 6.56. The standard InChI is InChI=1S/C14H20BrFN2/c1-2-18-7-3-4-11(9-17)14(18)10-5-6-12(15)13(16)8-10/h5-6,8,11,14H,2-4,7,9,17H2,1H3. The number of likely N-dealkylation sites (tertiary alicyclic amines) is 1. The fourth-order valence-electron chi connectivity index (χ4n) is 2.93. The van der Waals surface area contributed by atoms with E-state index in [4.69, 9.17) is 5.73 Å². The molecule has 1 aliphatic heterocycles. The molecule has 2 atom stereocenters. The number of benzene rings is 1. The van der Waals surface area contributed by atoms with Gasteiger partial charge in [-0.05, 0) is 72.0 Å². The maximum absolute atomic E-state index is 13.7. The molecule has 0 amide bonds. The van der Waals surface area contributed by atoms with Crippen LogP contribution in [-0.4, -0.2) is 24.5 Å². The molecule has 2 rings (SSSR count). The molecule has 18 heavy (non-hydrogen) atoms. The maximum atomic E-state index is 13.7. The monoisotopic (exact) mass is 314 g/mol. The molecule has 2 N–H and O–H groups in total. The third-order valence-electron chi connectivity index (χ3n) is 3.85. The molecule has 0 bridgehead atoms. The van der Waals surface area contributed by atoms with E-state index < -0.39 is 0 Å². The Balaban J connectivity index is 2.32. The molecule has 4 heteroatoms. The fraction of sp³-hybridized carbons (Fsp3) is 0.571. The molecule has 1 aromatic carbocycles. The summed E-state index contributed by atoms with van der Waals surface area (Å²) < 4.78 is 14.2. The van der Waals surface area contributed by atoms with Gasteiger partial charge in [0, 0.05) is 6.04 Å². The van der Waals surface area contributed by atoms with Gasteiger partial charge in [-0.25, -0.2) is 4.39 Å². The second-order valence-electron chi connectivity index (χ2n) is 4.88. The Hall–Kier alpha value is -0.450. The first kappa shape index (κ1) is 14.0. The predicted octanol–water partition coefficient (Wildman–Crippen LogP) is 3.32. The van der Waals surface area contributed by atoms with Gasteiger partial charge in [-0.3, -0.25) is 4.90 Å². The van der Waals surface area contributed by atoms with Crippen LogP contribution in [0.25, 0.3) is 0 Å². The molecule has 100 valence electrons. The molecule has 1 saturated heterocycles. The van der Waals surface area contributed by atoms with Crippen LogP contribution in [0, 0.1) is 11.7 Å². The summed E-state index contributed by atoms with van der Waals surface area (Å²) >= 11 is 3.20. The highest BCUT2D eigenvalue weighted by Crippen LogP contribution is 2.36. The van der Waals surface area contributed by atoms with Crippen LogP contribution >= 0.6 is 15.9 Å². The van der Waals surface area contributed by atoms with E-state index in [9.17, 15) is 4.39 Å². The lowest BCUT2D eigenvalue weighted by molar-refractivity contribution is 0.102. The Kier molecular flexibility index (Phi) is 4.76. The SMILES string of the molecule is CCN1CCCC(CN)C1c1ccc(Br)c(F)c1. The summed E-state index contributed by atoms with van der Waals surface area (Å²) in [6.45, 7) is 4.88. The second kappa shape index (κ2) is 6.13.